The number of rotatable bonds is 3. The Bertz CT molecular complexity index is 548. The van der Waals surface area contributed by atoms with Gasteiger partial charge in [-0.05, 0) is 28.9 Å². The molecule has 2 aromatic rings. The van der Waals surface area contributed by atoms with Crippen LogP contribution in [-0.4, -0.2) is 22.3 Å². The normalized spacial score (nSPS) is 10.7. The summed E-state index contributed by atoms with van der Waals surface area (Å²) in [5.74, 6) is 1.59. The molecule has 0 unspecified atom stereocenters. The van der Waals surface area contributed by atoms with Crippen molar-refractivity contribution in [2.75, 3.05) is 7.11 Å². The Hall–Kier alpha value is -1.36. The second-order valence-corrected chi connectivity index (χ2v) is 4.27. The SMILES string of the molecule is COc1ccn2c(CC(C)=O)nc(Br)c2c1. The summed E-state index contributed by atoms with van der Waals surface area (Å²) in [6.07, 6.45) is 2.18. The number of imidazole rings is 1. The molecule has 0 aliphatic carbocycles. The van der Waals surface area contributed by atoms with E-state index in [1.165, 1.54) is 0 Å². The third-order valence-electron chi connectivity index (χ3n) is 2.29. The van der Waals surface area contributed by atoms with E-state index in [4.69, 9.17) is 4.74 Å². The van der Waals surface area contributed by atoms with Crippen molar-refractivity contribution in [2.24, 2.45) is 0 Å². The number of carbonyl (C=O) groups is 1. The molecule has 0 atom stereocenters. The molecule has 2 aromatic heterocycles. The summed E-state index contributed by atoms with van der Waals surface area (Å²) >= 11 is 3.37. The largest absolute Gasteiger partial charge is 0.497 e. The second-order valence-electron chi connectivity index (χ2n) is 3.52. The standard InChI is InChI=1S/C11H11BrN2O2/c1-7(15)5-10-13-11(12)9-6-8(16-2)3-4-14(9)10/h3-4,6H,5H2,1-2H3. The first kappa shape index (κ1) is 11.1. The monoisotopic (exact) mass is 282 g/mol. The molecule has 0 aliphatic rings. The molecule has 0 fully saturated rings. The van der Waals surface area contributed by atoms with Gasteiger partial charge in [-0.2, -0.15) is 0 Å². The minimum Gasteiger partial charge on any atom is -0.497 e. The van der Waals surface area contributed by atoms with Crippen LogP contribution in [0.15, 0.2) is 22.9 Å². The maximum absolute atomic E-state index is 11.1. The topological polar surface area (TPSA) is 43.6 Å². The van der Waals surface area contributed by atoms with E-state index >= 15 is 0 Å². The number of ether oxygens (including phenoxy) is 1. The maximum Gasteiger partial charge on any atom is 0.137 e. The quantitative estimate of drug-likeness (QED) is 0.867. The van der Waals surface area contributed by atoms with Crippen LogP contribution >= 0.6 is 15.9 Å². The molecule has 0 saturated carbocycles. The number of Topliss-reactive ketones (excluding diaryl/α,β-unsaturated/α-hetero) is 1. The van der Waals surface area contributed by atoms with Crippen molar-refractivity contribution in [1.82, 2.24) is 9.38 Å². The predicted molar refractivity (Wildman–Crippen MR) is 63.8 cm³/mol. The van der Waals surface area contributed by atoms with Gasteiger partial charge in [0.1, 0.15) is 22.0 Å². The number of hydrogen-bond donors (Lipinski definition) is 0. The van der Waals surface area contributed by atoms with Crippen molar-refractivity contribution in [2.45, 2.75) is 13.3 Å². The van der Waals surface area contributed by atoms with Crippen molar-refractivity contribution < 1.29 is 9.53 Å². The Morgan fingerprint density at radius 1 is 1.62 bits per heavy atom. The Balaban J connectivity index is 2.57. The Morgan fingerprint density at radius 3 is 3.00 bits per heavy atom. The predicted octanol–water partition coefficient (Wildman–Crippen LogP) is 2.24. The third kappa shape index (κ3) is 1.95. The van der Waals surface area contributed by atoms with E-state index in [1.807, 2.05) is 22.7 Å². The van der Waals surface area contributed by atoms with Crippen LogP contribution in [0.5, 0.6) is 5.75 Å². The van der Waals surface area contributed by atoms with Crippen LogP contribution in [0, 0.1) is 0 Å². The smallest absolute Gasteiger partial charge is 0.137 e. The number of pyridine rings is 1. The molecule has 0 bridgehead atoms. The average molecular weight is 283 g/mol. The molecule has 0 radical (unpaired) electrons. The number of aromatic nitrogens is 2. The fourth-order valence-corrected chi connectivity index (χ4v) is 2.07. The van der Waals surface area contributed by atoms with Gasteiger partial charge in [0.05, 0.1) is 19.0 Å². The van der Waals surface area contributed by atoms with Gasteiger partial charge >= 0.3 is 0 Å². The Kier molecular flexibility index (Phi) is 2.96. The molecule has 0 amide bonds. The van der Waals surface area contributed by atoms with E-state index in [1.54, 1.807) is 14.0 Å². The zero-order valence-electron chi connectivity index (χ0n) is 9.03. The second kappa shape index (κ2) is 4.25. The molecule has 16 heavy (non-hydrogen) atoms. The van der Waals surface area contributed by atoms with Gasteiger partial charge in [0.15, 0.2) is 0 Å². The Labute approximate surface area is 101 Å². The van der Waals surface area contributed by atoms with E-state index in [9.17, 15) is 4.79 Å². The number of carbonyl (C=O) groups excluding carboxylic acids is 1. The van der Waals surface area contributed by atoms with E-state index < -0.39 is 0 Å². The number of nitrogens with zero attached hydrogens (tertiary/aromatic N) is 2. The molecule has 84 valence electrons. The van der Waals surface area contributed by atoms with Gasteiger partial charge in [0, 0.05) is 12.3 Å². The number of ketones is 1. The fraction of sp³-hybridized carbons (Fsp3) is 0.273. The van der Waals surface area contributed by atoms with E-state index in [2.05, 4.69) is 20.9 Å². The van der Waals surface area contributed by atoms with Crippen LogP contribution in [0.3, 0.4) is 0 Å². The molecular weight excluding hydrogens is 272 g/mol. The molecule has 5 heteroatoms. The van der Waals surface area contributed by atoms with E-state index in [-0.39, 0.29) is 5.78 Å². The third-order valence-corrected chi connectivity index (χ3v) is 2.87. The number of fused-ring (bicyclic) bond motifs is 1. The highest BCUT2D eigenvalue weighted by Gasteiger charge is 2.11. The van der Waals surface area contributed by atoms with Gasteiger partial charge in [-0.25, -0.2) is 4.98 Å². The summed E-state index contributed by atoms with van der Waals surface area (Å²) in [6.45, 7) is 1.55. The summed E-state index contributed by atoms with van der Waals surface area (Å²) in [4.78, 5) is 15.4. The van der Waals surface area contributed by atoms with Crippen LogP contribution in [0.4, 0.5) is 0 Å². The van der Waals surface area contributed by atoms with Gasteiger partial charge < -0.3 is 9.14 Å². The van der Waals surface area contributed by atoms with Crippen LogP contribution in [0.1, 0.15) is 12.7 Å². The molecule has 0 N–H and O–H groups in total. The van der Waals surface area contributed by atoms with Gasteiger partial charge in [-0.1, -0.05) is 0 Å². The molecule has 0 spiro atoms. The molecular formula is C11H11BrN2O2. The van der Waals surface area contributed by atoms with Gasteiger partial charge in [-0.15, -0.1) is 0 Å². The number of hydrogen-bond acceptors (Lipinski definition) is 3. The lowest BCUT2D eigenvalue weighted by molar-refractivity contribution is -0.116. The van der Waals surface area contributed by atoms with Crippen LogP contribution in [0.25, 0.3) is 5.52 Å². The van der Waals surface area contributed by atoms with Crippen molar-refractivity contribution >= 4 is 27.2 Å². The van der Waals surface area contributed by atoms with Crippen molar-refractivity contribution in [3.63, 3.8) is 0 Å². The fourth-order valence-electron chi connectivity index (χ4n) is 1.56. The van der Waals surface area contributed by atoms with Crippen molar-refractivity contribution in [3.05, 3.63) is 28.8 Å². The lowest BCUT2D eigenvalue weighted by atomic mass is 10.3. The molecule has 4 nitrogen and oxygen atoms in total. The minimum absolute atomic E-state index is 0.0928. The summed E-state index contributed by atoms with van der Waals surface area (Å²) in [5.41, 5.74) is 0.899. The first-order chi connectivity index (χ1) is 7.61. The molecule has 2 rings (SSSR count). The molecule has 0 saturated heterocycles. The average Bonchev–Trinajstić information content (AvgIpc) is 2.54. The van der Waals surface area contributed by atoms with Gasteiger partial charge in [-0.3, -0.25) is 4.79 Å². The van der Waals surface area contributed by atoms with Crippen LogP contribution in [0.2, 0.25) is 0 Å². The maximum atomic E-state index is 11.1. The molecule has 0 aromatic carbocycles. The number of methoxy groups -OCH3 is 1. The Morgan fingerprint density at radius 2 is 2.38 bits per heavy atom. The highest BCUT2D eigenvalue weighted by atomic mass is 79.9. The van der Waals surface area contributed by atoms with Crippen LogP contribution < -0.4 is 4.74 Å². The molecule has 0 aliphatic heterocycles. The summed E-state index contributed by atoms with van der Waals surface area (Å²) in [7, 11) is 1.62. The van der Waals surface area contributed by atoms with E-state index in [0.29, 0.717) is 6.42 Å². The summed E-state index contributed by atoms with van der Waals surface area (Å²) < 4.78 is 7.75. The highest BCUT2D eigenvalue weighted by Crippen LogP contribution is 2.23. The van der Waals surface area contributed by atoms with Crippen molar-refractivity contribution in [3.8, 4) is 5.75 Å². The first-order valence-electron chi connectivity index (χ1n) is 4.81. The van der Waals surface area contributed by atoms with Crippen molar-refractivity contribution in [1.29, 1.82) is 0 Å². The number of halogens is 1. The zero-order chi connectivity index (χ0) is 11.7. The summed E-state index contributed by atoms with van der Waals surface area (Å²) in [5, 5.41) is 0. The highest BCUT2D eigenvalue weighted by molar-refractivity contribution is 9.10. The minimum atomic E-state index is 0.0928. The first-order valence-corrected chi connectivity index (χ1v) is 5.61. The van der Waals surface area contributed by atoms with E-state index in [0.717, 1.165) is 21.7 Å². The van der Waals surface area contributed by atoms with Gasteiger partial charge in [0.25, 0.3) is 0 Å². The molecule has 2 heterocycles. The zero-order valence-corrected chi connectivity index (χ0v) is 10.6. The summed E-state index contributed by atoms with van der Waals surface area (Å²) in [6, 6.07) is 3.71. The lowest BCUT2D eigenvalue weighted by Crippen LogP contribution is -2.01. The van der Waals surface area contributed by atoms with Crippen LogP contribution in [-0.2, 0) is 11.2 Å². The van der Waals surface area contributed by atoms with Gasteiger partial charge in [0.2, 0.25) is 0 Å². The lowest BCUT2D eigenvalue weighted by Gasteiger charge is -2.02.